The number of carbonyl (C=O) groups excluding carboxylic acids is 6. The van der Waals surface area contributed by atoms with Crippen LogP contribution >= 0.6 is 23.5 Å². The second-order valence-electron chi connectivity index (χ2n) is 20.6. The molecule has 0 amide bonds. The van der Waals surface area contributed by atoms with Crippen LogP contribution < -0.4 is 9.47 Å². The highest BCUT2D eigenvalue weighted by Crippen LogP contribution is 2.59. The lowest BCUT2D eigenvalue weighted by Crippen LogP contribution is -2.31. The Morgan fingerprint density at radius 2 is 0.803 bits per heavy atom. The molecule has 0 spiro atoms. The van der Waals surface area contributed by atoms with Crippen LogP contribution in [0.1, 0.15) is 154 Å². The number of carbonyl (C=O) groups is 6. The highest BCUT2D eigenvalue weighted by Gasteiger charge is 2.38. The van der Waals surface area contributed by atoms with E-state index in [-0.39, 0.29) is 66.8 Å². The largest absolute Gasteiger partial charge is 0.471 e. The van der Waals surface area contributed by atoms with Crippen molar-refractivity contribution in [3.63, 3.8) is 0 Å². The lowest BCUT2D eigenvalue weighted by molar-refractivity contribution is -0.142. The second-order valence-corrected chi connectivity index (χ2v) is 22.9. The molecule has 0 radical (unpaired) electrons. The zero-order chi connectivity index (χ0) is 54.1. The van der Waals surface area contributed by atoms with Crippen molar-refractivity contribution in [1.82, 2.24) is 0 Å². The molecule has 0 N–H and O–H groups in total. The summed E-state index contributed by atoms with van der Waals surface area (Å²) in [6.45, 7) is 20.6. The van der Waals surface area contributed by atoms with Gasteiger partial charge < -0.3 is 37.9 Å². The van der Waals surface area contributed by atoms with Gasteiger partial charge in [0.25, 0.3) is 5.70 Å². The van der Waals surface area contributed by atoms with E-state index in [1.54, 1.807) is 12.1 Å². The van der Waals surface area contributed by atoms with E-state index in [1.165, 1.54) is 12.2 Å². The van der Waals surface area contributed by atoms with Gasteiger partial charge in [-0.2, -0.15) is 0 Å². The van der Waals surface area contributed by atoms with Gasteiger partial charge in [0.2, 0.25) is 0 Å². The first-order valence-corrected chi connectivity index (χ1v) is 29.5. The van der Waals surface area contributed by atoms with Crippen molar-refractivity contribution in [1.29, 1.82) is 0 Å². The molecule has 4 saturated carbocycles. The molecule has 1 heterocycles. The molecular formula is C59H79NO14S2. The highest BCUT2D eigenvalue weighted by atomic mass is 32.2. The zero-order valence-corrected chi connectivity index (χ0v) is 46.0. The molecule has 0 atom stereocenters. The fourth-order valence-corrected chi connectivity index (χ4v) is 13.8. The molecule has 0 saturated heterocycles. The van der Waals surface area contributed by atoms with Gasteiger partial charge in [-0.25, -0.2) is 19.2 Å². The van der Waals surface area contributed by atoms with Gasteiger partial charge in [-0.15, -0.1) is 0 Å². The van der Waals surface area contributed by atoms with E-state index >= 15 is 0 Å². The maximum atomic E-state index is 13.9. The molecule has 15 nitrogen and oxygen atoms in total. The van der Waals surface area contributed by atoms with Crippen LogP contribution in [0.3, 0.4) is 0 Å². The first-order valence-electron chi connectivity index (χ1n) is 27.9. The summed E-state index contributed by atoms with van der Waals surface area (Å²) in [6.07, 6.45) is 25.6. The predicted molar refractivity (Wildman–Crippen MR) is 289 cm³/mol. The van der Waals surface area contributed by atoms with E-state index in [1.807, 2.05) is 0 Å². The van der Waals surface area contributed by atoms with E-state index in [2.05, 4.69) is 24.6 Å². The van der Waals surface area contributed by atoms with Crippen molar-refractivity contribution in [3.05, 3.63) is 71.4 Å². The molecular weight excluding hydrogens is 1010 g/mol. The summed E-state index contributed by atoms with van der Waals surface area (Å²) >= 11 is 2.27. The van der Waals surface area contributed by atoms with E-state index < -0.39 is 11.9 Å². The van der Waals surface area contributed by atoms with Crippen LogP contribution in [0.25, 0.3) is 4.85 Å². The molecule has 0 bridgehead atoms. The number of unbranched alkanes of at least 4 members (excludes halogenated alkanes) is 5. The Hall–Kier alpha value is -4.89. The molecule has 0 unspecified atom stereocenters. The maximum Gasteiger partial charge on any atom is 0.338 e. The number of hydrogen-bond acceptors (Lipinski definition) is 16. The average Bonchev–Trinajstić information content (AvgIpc) is 3.91. The normalized spacial score (nSPS) is 24.1. The van der Waals surface area contributed by atoms with Crippen molar-refractivity contribution in [2.45, 2.75) is 176 Å². The minimum atomic E-state index is -0.802. The van der Waals surface area contributed by atoms with Crippen LogP contribution in [-0.4, -0.2) is 87.7 Å². The van der Waals surface area contributed by atoms with E-state index in [4.69, 9.17) is 44.5 Å². The Bertz CT molecular complexity index is 2090. The summed E-state index contributed by atoms with van der Waals surface area (Å²) in [4.78, 5) is 79.6. The number of rotatable bonds is 29. The van der Waals surface area contributed by atoms with Gasteiger partial charge in [-0.1, -0.05) is 43.3 Å². The summed E-state index contributed by atoms with van der Waals surface area (Å²) in [5.41, 5.74) is -0.224. The lowest BCUT2D eigenvalue weighted by atomic mass is 9.70. The molecule has 4 aliphatic carbocycles. The summed E-state index contributed by atoms with van der Waals surface area (Å²) < 4.78 is 45.7. The van der Waals surface area contributed by atoms with Crippen LogP contribution in [0.2, 0.25) is 0 Å². The van der Waals surface area contributed by atoms with Gasteiger partial charge in [-0.3, -0.25) is 14.4 Å². The Morgan fingerprint density at radius 1 is 0.474 bits per heavy atom. The molecule has 4 fully saturated rings. The lowest BCUT2D eigenvalue weighted by Gasteiger charge is -2.37. The molecule has 0 aromatic heterocycles. The highest BCUT2D eigenvalue weighted by molar-refractivity contribution is 8.24. The monoisotopic (exact) mass is 1090 g/mol. The third kappa shape index (κ3) is 19.2. The van der Waals surface area contributed by atoms with Crippen LogP contribution in [0.15, 0.2) is 69.8 Å². The van der Waals surface area contributed by atoms with Crippen molar-refractivity contribution < 1.29 is 66.7 Å². The molecule has 6 rings (SSSR count). The van der Waals surface area contributed by atoms with Crippen LogP contribution in [0.4, 0.5) is 0 Å². The Balaban J connectivity index is 0.991. The van der Waals surface area contributed by atoms with Crippen LogP contribution in [-0.2, 0) is 57.2 Å². The molecule has 1 aliphatic heterocycles. The standard InChI is InChI=1S/C59H79NO14S2/c1-5-50(61)69-36-12-8-10-34-67-46-28-24-42(25-29-46)40-16-20-44(21-17-40)56(64)73-48-32-33-49(55-54(48)75-59(76-55)53(60-4)58(66)72-39-15-14-38-71-52(63)7-3)74-57(65)45-22-18-41(19-23-45)43-26-30-47(31-27-43)68-35-11-9-13-37-70-51(62)6-2/h5-7,32-33,40-47H,1-3,8-31,34-39H2. The first kappa shape index (κ1) is 60.3. The third-order valence-electron chi connectivity index (χ3n) is 15.6. The summed E-state index contributed by atoms with van der Waals surface area (Å²) in [7, 11) is 0. The van der Waals surface area contributed by atoms with E-state index in [0.717, 1.165) is 171 Å². The van der Waals surface area contributed by atoms with Crippen molar-refractivity contribution in [3.8, 4) is 11.5 Å². The quantitative estimate of drug-likeness (QED) is 0.0184. The minimum absolute atomic E-state index is 0.0151. The molecule has 17 heteroatoms. The van der Waals surface area contributed by atoms with Crippen LogP contribution in [0.5, 0.6) is 11.5 Å². The number of fused-ring (bicyclic) bond motifs is 1. The van der Waals surface area contributed by atoms with E-state index in [0.29, 0.717) is 88.5 Å². The summed E-state index contributed by atoms with van der Waals surface area (Å²) in [5.74, 6) is -0.382. The third-order valence-corrected chi connectivity index (χ3v) is 18.2. The fourth-order valence-electron chi connectivity index (χ4n) is 11.2. The zero-order valence-electron chi connectivity index (χ0n) is 44.3. The maximum absolute atomic E-state index is 13.9. The minimum Gasteiger partial charge on any atom is -0.471 e. The number of ether oxygens (including phenoxy) is 8. The van der Waals surface area contributed by atoms with Crippen molar-refractivity contribution in [2.24, 2.45) is 35.5 Å². The number of thioether (sulfide) groups is 2. The molecule has 416 valence electrons. The number of benzene rings is 1. The van der Waals surface area contributed by atoms with Gasteiger partial charge in [0, 0.05) is 31.4 Å². The molecule has 1 aromatic rings. The number of hydrogen-bond donors (Lipinski definition) is 0. The van der Waals surface area contributed by atoms with Gasteiger partial charge >= 0.3 is 35.8 Å². The average molecular weight is 1090 g/mol. The summed E-state index contributed by atoms with van der Waals surface area (Å²) in [5, 5.41) is 0. The Kier molecular flexibility index (Phi) is 26.0. The number of esters is 6. The van der Waals surface area contributed by atoms with Crippen molar-refractivity contribution in [2.75, 3.05) is 39.6 Å². The van der Waals surface area contributed by atoms with Crippen LogP contribution in [0, 0.1) is 42.1 Å². The topological polar surface area (TPSA) is 181 Å². The molecule has 76 heavy (non-hydrogen) atoms. The molecule has 5 aliphatic rings. The predicted octanol–water partition coefficient (Wildman–Crippen LogP) is 12.4. The number of nitrogens with zero attached hydrogens (tertiary/aromatic N) is 1. The Labute approximate surface area is 458 Å². The van der Waals surface area contributed by atoms with E-state index in [9.17, 15) is 28.8 Å². The fraction of sp³-hybridized carbons (Fsp3) is 0.644. The summed E-state index contributed by atoms with van der Waals surface area (Å²) in [6, 6.07) is 3.30. The van der Waals surface area contributed by atoms with Gasteiger partial charge in [0.15, 0.2) is 0 Å². The van der Waals surface area contributed by atoms with Crippen molar-refractivity contribution >= 4 is 59.3 Å². The van der Waals surface area contributed by atoms with Gasteiger partial charge in [0.1, 0.15) is 11.5 Å². The smallest absolute Gasteiger partial charge is 0.338 e. The second kappa shape index (κ2) is 32.8. The first-order chi connectivity index (χ1) is 37.0. The molecule has 1 aromatic carbocycles. The Morgan fingerprint density at radius 3 is 1.16 bits per heavy atom. The SMILES string of the molecule is [C-]#[N+]C(C(=O)OCCCCOC(=O)C=C)=C1Sc2c(OC(=O)C3CCC(C4CCC(OCCCCCOC(=O)C=C)CC4)CC3)ccc(OC(=O)C3CCC(C4CCC(OCCCCCOC(=O)C=C)CC4)CC3)c2S1. The van der Waals surface area contributed by atoms with Gasteiger partial charge in [-0.05, 0) is 190 Å². The van der Waals surface area contributed by atoms with Gasteiger partial charge in [0.05, 0.1) is 71.1 Å².